The molecule has 112 valence electrons. The molecule has 0 bridgehead atoms. The van der Waals surface area contributed by atoms with Gasteiger partial charge in [0.05, 0.1) is 11.5 Å². The summed E-state index contributed by atoms with van der Waals surface area (Å²) in [4.78, 5) is 26.0. The SMILES string of the molecule is CCOc1ccccc1/C=C1/SC(=O)N(CC(C)C)C1=O. The molecule has 2 rings (SSSR count). The van der Waals surface area contributed by atoms with Gasteiger partial charge in [-0.05, 0) is 36.7 Å². The lowest BCUT2D eigenvalue weighted by Gasteiger charge is -2.14. The van der Waals surface area contributed by atoms with Crippen molar-refractivity contribution in [3.05, 3.63) is 34.7 Å². The molecule has 1 aromatic rings. The predicted octanol–water partition coefficient (Wildman–Crippen LogP) is 3.78. The summed E-state index contributed by atoms with van der Waals surface area (Å²) >= 11 is 0.988. The molecule has 1 aromatic carbocycles. The summed E-state index contributed by atoms with van der Waals surface area (Å²) in [5.41, 5.74) is 0.814. The van der Waals surface area contributed by atoms with E-state index in [4.69, 9.17) is 4.74 Å². The molecule has 0 unspecified atom stereocenters. The van der Waals surface area contributed by atoms with E-state index in [0.29, 0.717) is 18.1 Å². The summed E-state index contributed by atoms with van der Waals surface area (Å²) in [7, 11) is 0. The van der Waals surface area contributed by atoms with Crippen molar-refractivity contribution in [2.24, 2.45) is 5.92 Å². The van der Waals surface area contributed by atoms with Crippen LogP contribution < -0.4 is 4.74 Å². The lowest BCUT2D eigenvalue weighted by molar-refractivity contribution is -0.123. The van der Waals surface area contributed by atoms with Gasteiger partial charge in [-0.1, -0.05) is 32.0 Å². The van der Waals surface area contributed by atoms with Crippen LogP contribution in [0.5, 0.6) is 5.75 Å². The maximum atomic E-state index is 12.3. The van der Waals surface area contributed by atoms with E-state index in [0.717, 1.165) is 23.1 Å². The largest absolute Gasteiger partial charge is 0.493 e. The molecule has 1 heterocycles. The Morgan fingerprint density at radius 3 is 2.67 bits per heavy atom. The number of imide groups is 1. The number of ether oxygens (including phenoxy) is 1. The average Bonchev–Trinajstić information content (AvgIpc) is 2.69. The van der Waals surface area contributed by atoms with Crippen molar-refractivity contribution in [3.8, 4) is 5.75 Å². The Morgan fingerprint density at radius 1 is 1.29 bits per heavy atom. The zero-order chi connectivity index (χ0) is 15.4. The molecule has 0 N–H and O–H groups in total. The highest BCUT2D eigenvalue weighted by Crippen LogP contribution is 2.34. The van der Waals surface area contributed by atoms with Gasteiger partial charge in [0, 0.05) is 12.1 Å². The first kappa shape index (κ1) is 15.6. The van der Waals surface area contributed by atoms with Gasteiger partial charge < -0.3 is 4.74 Å². The van der Waals surface area contributed by atoms with Gasteiger partial charge in [-0.3, -0.25) is 14.5 Å². The molecule has 0 aromatic heterocycles. The second kappa shape index (κ2) is 6.80. The molecule has 2 amide bonds. The Hall–Kier alpha value is -1.75. The van der Waals surface area contributed by atoms with Crippen molar-refractivity contribution < 1.29 is 14.3 Å². The number of hydrogen-bond donors (Lipinski definition) is 0. The monoisotopic (exact) mass is 305 g/mol. The van der Waals surface area contributed by atoms with Crippen LogP contribution in [0.4, 0.5) is 4.79 Å². The number of nitrogens with zero attached hydrogens (tertiary/aromatic N) is 1. The van der Waals surface area contributed by atoms with Crippen molar-refractivity contribution in [1.82, 2.24) is 4.90 Å². The number of carbonyl (C=O) groups is 2. The van der Waals surface area contributed by atoms with Gasteiger partial charge in [-0.25, -0.2) is 0 Å². The number of benzene rings is 1. The van der Waals surface area contributed by atoms with Crippen LogP contribution in [0.25, 0.3) is 6.08 Å². The zero-order valence-corrected chi connectivity index (χ0v) is 13.3. The lowest BCUT2D eigenvalue weighted by atomic mass is 10.1. The van der Waals surface area contributed by atoms with Gasteiger partial charge in [0.25, 0.3) is 11.1 Å². The quantitative estimate of drug-likeness (QED) is 0.777. The van der Waals surface area contributed by atoms with Crippen LogP contribution in [-0.2, 0) is 4.79 Å². The summed E-state index contributed by atoms with van der Waals surface area (Å²) in [6, 6.07) is 7.49. The molecule has 4 nitrogen and oxygen atoms in total. The Kier molecular flexibility index (Phi) is 5.07. The van der Waals surface area contributed by atoms with E-state index in [2.05, 4.69) is 0 Å². The maximum absolute atomic E-state index is 12.3. The van der Waals surface area contributed by atoms with E-state index in [1.807, 2.05) is 45.0 Å². The fourth-order valence-corrected chi connectivity index (χ4v) is 2.89. The molecule has 0 radical (unpaired) electrons. The lowest BCUT2D eigenvalue weighted by Crippen LogP contribution is -2.31. The molecular weight excluding hydrogens is 286 g/mol. The topological polar surface area (TPSA) is 46.6 Å². The molecule has 0 atom stereocenters. The molecule has 0 spiro atoms. The van der Waals surface area contributed by atoms with Crippen molar-refractivity contribution in [2.75, 3.05) is 13.2 Å². The van der Waals surface area contributed by atoms with Crippen molar-refractivity contribution >= 4 is 29.0 Å². The smallest absolute Gasteiger partial charge is 0.293 e. The third kappa shape index (κ3) is 3.67. The number of para-hydroxylation sites is 1. The van der Waals surface area contributed by atoms with Gasteiger partial charge in [0.1, 0.15) is 5.75 Å². The van der Waals surface area contributed by atoms with Crippen LogP contribution in [0.3, 0.4) is 0 Å². The first-order valence-electron chi connectivity index (χ1n) is 7.00. The Bertz CT molecular complexity index is 581. The molecule has 5 heteroatoms. The fourth-order valence-electron chi connectivity index (χ4n) is 2.05. The number of rotatable bonds is 5. The van der Waals surface area contributed by atoms with Crippen LogP contribution in [0, 0.1) is 5.92 Å². The summed E-state index contributed by atoms with van der Waals surface area (Å²) in [5.74, 6) is 0.759. The van der Waals surface area contributed by atoms with E-state index >= 15 is 0 Å². The average molecular weight is 305 g/mol. The summed E-state index contributed by atoms with van der Waals surface area (Å²) in [6.07, 6.45) is 1.73. The highest BCUT2D eigenvalue weighted by molar-refractivity contribution is 8.18. The third-order valence-corrected chi connectivity index (χ3v) is 3.83. The van der Waals surface area contributed by atoms with Crippen LogP contribution in [-0.4, -0.2) is 29.2 Å². The van der Waals surface area contributed by atoms with E-state index in [9.17, 15) is 9.59 Å². The second-order valence-corrected chi connectivity index (χ2v) is 6.15. The van der Waals surface area contributed by atoms with Crippen LogP contribution in [0.2, 0.25) is 0 Å². The summed E-state index contributed by atoms with van der Waals surface area (Å²) < 4.78 is 5.54. The van der Waals surface area contributed by atoms with Crippen LogP contribution >= 0.6 is 11.8 Å². The van der Waals surface area contributed by atoms with Crippen molar-refractivity contribution in [2.45, 2.75) is 20.8 Å². The Morgan fingerprint density at radius 2 is 2.00 bits per heavy atom. The number of amides is 2. The maximum Gasteiger partial charge on any atom is 0.293 e. The van der Waals surface area contributed by atoms with Gasteiger partial charge in [-0.2, -0.15) is 0 Å². The zero-order valence-electron chi connectivity index (χ0n) is 12.5. The minimum atomic E-state index is -0.218. The molecule has 1 aliphatic heterocycles. The third-order valence-electron chi connectivity index (χ3n) is 2.93. The first-order chi connectivity index (χ1) is 10.0. The van der Waals surface area contributed by atoms with Gasteiger partial charge in [0.15, 0.2) is 0 Å². The van der Waals surface area contributed by atoms with E-state index in [-0.39, 0.29) is 17.1 Å². The van der Waals surface area contributed by atoms with Crippen LogP contribution in [0.15, 0.2) is 29.2 Å². The highest BCUT2D eigenvalue weighted by atomic mass is 32.2. The molecule has 1 fully saturated rings. The standard InChI is InChI=1S/C16H19NO3S/c1-4-20-13-8-6-5-7-12(13)9-14-15(18)17(10-11(2)3)16(19)21-14/h5-9,11H,4,10H2,1-3H3/b14-9+. The number of thioether (sulfide) groups is 1. The molecular formula is C16H19NO3S. The normalized spacial score (nSPS) is 17.1. The fraction of sp³-hybridized carbons (Fsp3) is 0.375. The molecule has 1 aliphatic rings. The first-order valence-corrected chi connectivity index (χ1v) is 7.81. The Labute approximate surface area is 129 Å². The number of hydrogen-bond acceptors (Lipinski definition) is 4. The molecule has 21 heavy (non-hydrogen) atoms. The van der Waals surface area contributed by atoms with E-state index < -0.39 is 0 Å². The van der Waals surface area contributed by atoms with Crippen molar-refractivity contribution in [3.63, 3.8) is 0 Å². The molecule has 0 saturated carbocycles. The van der Waals surface area contributed by atoms with Gasteiger partial charge in [-0.15, -0.1) is 0 Å². The van der Waals surface area contributed by atoms with E-state index in [1.165, 1.54) is 4.90 Å². The van der Waals surface area contributed by atoms with Crippen molar-refractivity contribution in [1.29, 1.82) is 0 Å². The number of carbonyl (C=O) groups excluding carboxylic acids is 2. The molecule has 1 saturated heterocycles. The van der Waals surface area contributed by atoms with Gasteiger partial charge in [0.2, 0.25) is 0 Å². The van der Waals surface area contributed by atoms with E-state index in [1.54, 1.807) is 6.08 Å². The second-order valence-electron chi connectivity index (χ2n) is 5.16. The molecule has 0 aliphatic carbocycles. The summed E-state index contributed by atoms with van der Waals surface area (Å²) in [6.45, 7) is 6.89. The predicted molar refractivity (Wildman–Crippen MR) is 85.1 cm³/mol. The Balaban J connectivity index is 2.26. The highest BCUT2D eigenvalue weighted by Gasteiger charge is 2.35. The minimum absolute atomic E-state index is 0.200. The summed E-state index contributed by atoms with van der Waals surface area (Å²) in [5, 5.41) is -0.200. The van der Waals surface area contributed by atoms with Gasteiger partial charge >= 0.3 is 0 Å². The van der Waals surface area contributed by atoms with Crippen LogP contribution in [0.1, 0.15) is 26.3 Å². The minimum Gasteiger partial charge on any atom is -0.493 e.